The average Bonchev–Trinajstić information content (AvgIpc) is 2.85. The van der Waals surface area contributed by atoms with E-state index in [-0.39, 0.29) is 22.3 Å². The third-order valence-electron chi connectivity index (χ3n) is 2.42. The first-order valence-electron chi connectivity index (χ1n) is 5.65. The maximum absolute atomic E-state index is 12.1. The number of sulfonamides is 1. The number of carbonyl (C=O) groups excluding carboxylic acids is 1. The number of ether oxygens (including phenoxy) is 1. The van der Waals surface area contributed by atoms with E-state index in [0.717, 1.165) is 0 Å². The first-order chi connectivity index (χ1) is 9.92. The van der Waals surface area contributed by atoms with Crippen molar-refractivity contribution in [2.75, 3.05) is 11.8 Å². The highest BCUT2D eigenvalue weighted by Gasteiger charge is 2.19. The van der Waals surface area contributed by atoms with Gasteiger partial charge in [-0.05, 0) is 12.1 Å². The second kappa shape index (κ2) is 6.10. The Morgan fingerprint density at radius 2 is 2.29 bits per heavy atom. The molecular weight excluding hydrogens is 320 g/mol. The van der Waals surface area contributed by atoms with Crippen molar-refractivity contribution in [3.8, 4) is 0 Å². The highest BCUT2D eigenvalue weighted by Crippen LogP contribution is 2.21. The monoisotopic (exact) mass is 330 g/mol. The van der Waals surface area contributed by atoms with Crippen LogP contribution in [-0.4, -0.2) is 36.3 Å². The SMILES string of the molecule is COC(=O)Cn1cc(NS(=O)(=O)c2cccnc2Cl)cn1. The number of pyridine rings is 1. The standard InChI is InChI=1S/C11H11ClN4O4S/c1-20-10(17)7-16-6-8(5-14-16)15-21(18,19)9-3-2-4-13-11(9)12/h2-6,15H,7H2,1H3. The van der Waals surface area contributed by atoms with E-state index >= 15 is 0 Å². The minimum Gasteiger partial charge on any atom is -0.468 e. The van der Waals surface area contributed by atoms with E-state index in [2.05, 4.69) is 19.5 Å². The lowest BCUT2D eigenvalue weighted by molar-refractivity contribution is -0.141. The zero-order chi connectivity index (χ0) is 15.5. The molecule has 21 heavy (non-hydrogen) atoms. The molecule has 0 saturated heterocycles. The van der Waals surface area contributed by atoms with Crippen molar-refractivity contribution >= 4 is 33.3 Å². The summed E-state index contributed by atoms with van der Waals surface area (Å²) in [5, 5.41) is 3.71. The van der Waals surface area contributed by atoms with Crippen LogP contribution in [0.15, 0.2) is 35.6 Å². The largest absolute Gasteiger partial charge is 0.468 e. The summed E-state index contributed by atoms with van der Waals surface area (Å²) in [6.45, 7) is -0.119. The Balaban J connectivity index is 2.18. The van der Waals surface area contributed by atoms with E-state index in [1.54, 1.807) is 0 Å². The maximum Gasteiger partial charge on any atom is 0.327 e. The molecule has 0 aromatic carbocycles. The molecule has 0 saturated carbocycles. The quantitative estimate of drug-likeness (QED) is 0.645. The van der Waals surface area contributed by atoms with Crippen LogP contribution in [0.1, 0.15) is 0 Å². The van der Waals surface area contributed by atoms with Crippen molar-refractivity contribution < 1.29 is 17.9 Å². The molecule has 2 aromatic heterocycles. The summed E-state index contributed by atoms with van der Waals surface area (Å²) in [4.78, 5) is 14.7. The van der Waals surface area contributed by atoms with Crippen LogP contribution in [0.3, 0.4) is 0 Å². The van der Waals surface area contributed by atoms with E-state index in [1.165, 1.54) is 42.5 Å². The van der Waals surface area contributed by atoms with Crippen LogP contribution in [-0.2, 0) is 26.1 Å². The molecule has 0 amide bonds. The van der Waals surface area contributed by atoms with Gasteiger partial charge < -0.3 is 4.74 Å². The fourth-order valence-corrected chi connectivity index (χ4v) is 2.96. The number of nitrogens with zero attached hydrogens (tertiary/aromatic N) is 3. The zero-order valence-electron chi connectivity index (χ0n) is 10.9. The first-order valence-corrected chi connectivity index (χ1v) is 7.51. The lowest BCUT2D eigenvalue weighted by Crippen LogP contribution is -2.14. The molecule has 0 bridgehead atoms. The first kappa shape index (κ1) is 15.3. The summed E-state index contributed by atoms with van der Waals surface area (Å²) in [5.41, 5.74) is 0.193. The predicted octanol–water partition coefficient (Wildman–Crippen LogP) is 0.905. The molecule has 0 atom stereocenters. The summed E-state index contributed by atoms with van der Waals surface area (Å²) >= 11 is 5.76. The number of nitrogens with one attached hydrogen (secondary N) is 1. The minimum absolute atomic E-state index is 0.119. The molecule has 0 unspecified atom stereocenters. The Labute approximate surface area is 125 Å². The lowest BCUT2D eigenvalue weighted by Gasteiger charge is -2.06. The van der Waals surface area contributed by atoms with Gasteiger partial charge >= 0.3 is 5.97 Å². The highest BCUT2D eigenvalue weighted by molar-refractivity contribution is 7.92. The van der Waals surface area contributed by atoms with Gasteiger partial charge in [-0.2, -0.15) is 5.10 Å². The van der Waals surface area contributed by atoms with Crippen LogP contribution in [0.5, 0.6) is 0 Å². The smallest absolute Gasteiger partial charge is 0.327 e. The molecule has 0 aliphatic rings. The molecule has 0 spiro atoms. The van der Waals surface area contributed by atoms with Crippen LogP contribution >= 0.6 is 11.6 Å². The molecule has 0 radical (unpaired) electrons. The molecule has 2 rings (SSSR count). The third kappa shape index (κ3) is 3.70. The van der Waals surface area contributed by atoms with Crippen LogP contribution in [0, 0.1) is 0 Å². The summed E-state index contributed by atoms with van der Waals surface area (Å²) in [7, 11) is -2.63. The van der Waals surface area contributed by atoms with Crippen molar-refractivity contribution in [2.45, 2.75) is 11.4 Å². The van der Waals surface area contributed by atoms with Gasteiger partial charge in [-0.3, -0.25) is 14.2 Å². The fourth-order valence-electron chi connectivity index (χ4n) is 1.48. The van der Waals surface area contributed by atoms with Gasteiger partial charge in [-0.15, -0.1) is 0 Å². The number of anilines is 1. The molecule has 112 valence electrons. The number of rotatable bonds is 5. The van der Waals surface area contributed by atoms with Crippen molar-refractivity contribution in [1.82, 2.24) is 14.8 Å². The minimum atomic E-state index is -3.88. The Bertz CT molecular complexity index is 759. The van der Waals surface area contributed by atoms with Crippen molar-refractivity contribution in [2.24, 2.45) is 0 Å². The molecule has 0 fully saturated rings. The second-order valence-electron chi connectivity index (χ2n) is 3.90. The maximum atomic E-state index is 12.1. The zero-order valence-corrected chi connectivity index (χ0v) is 12.4. The summed E-state index contributed by atoms with van der Waals surface area (Å²) in [5.74, 6) is -0.497. The molecule has 2 aromatic rings. The Morgan fingerprint density at radius 1 is 1.52 bits per heavy atom. The van der Waals surface area contributed by atoms with Crippen molar-refractivity contribution in [3.63, 3.8) is 0 Å². The molecule has 0 aliphatic heterocycles. The normalized spacial score (nSPS) is 11.1. The van der Waals surface area contributed by atoms with Crippen molar-refractivity contribution in [3.05, 3.63) is 35.9 Å². The summed E-state index contributed by atoms with van der Waals surface area (Å²) in [6.07, 6.45) is 4.01. The molecular formula is C11H11ClN4O4S. The van der Waals surface area contributed by atoms with Gasteiger partial charge in [0.15, 0.2) is 0 Å². The number of hydrogen-bond donors (Lipinski definition) is 1. The summed E-state index contributed by atoms with van der Waals surface area (Å²) in [6, 6.07) is 2.79. The topological polar surface area (TPSA) is 103 Å². The van der Waals surface area contributed by atoms with Crippen LogP contribution in [0.25, 0.3) is 0 Å². The third-order valence-corrected chi connectivity index (χ3v) is 4.24. The van der Waals surface area contributed by atoms with Gasteiger partial charge in [0, 0.05) is 12.4 Å². The van der Waals surface area contributed by atoms with E-state index in [4.69, 9.17) is 11.6 Å². The molecule has 8 nitrogen and oxygen atoms in total. The van der Waals surface area contributed by atoms with Gasteiger partial charge in [0.2, 0.25) is 0 Å². The number of halogens is 1. The van der Waals surface area contributed by atoms with Crippen molar-refractivity contribution in [1.29, 1.82) is 0 Å². The molecule has 1 N–H and O–H groups in total. The second-order valence-corrected chi connectivity index (χ2v) is 5.91. The van der Waals surface area contributed by atoms with Gasteiger partial charge in [0.25, 0.3) is 10.0 Å². The average molecular weight is 331 g/mol. The van der Waals surface area contributed by atoms with E-state index < -0.39 is 16.0 Å². The van der Waals surface area contributed by atoms with Gasteiger partial charge in [0.05, 0.1) is 19.0 Å². The Hall–Kier alpha value is -2.13. The Morgan fingerprint density at radius 3 is 2.95 bits per heavy atom. The molecule has 10 heteroatoms. The highest BCUT2D eigenvalue weighted by atomic mass is 35.5. The number of hydrogen-bond acceptors (Lipinski definition) is 6. The van der Waals surface area contributed by atoms with Crippen LogP contribution in [0.4, 0.5) is 5.69 Å². The van der Waals surface area contributed by atoms with Gasteiger partial charge in [-0.25, -0.2) is 13.4 Å². The van der Waals surface area contributed by atoms with Gasteiger partial charge in [0.1, 0.15) is 16.6 Å². The van der Waals surface area contributed by atoms with E-state index in [9.17, 15) is 13.2 Å². The van der Waals surface area contributed by atoms with E-state index in [1.807, 2.05) is 0 Å². The molecule has 0 aliphatic carbocycles. The number of methoxy groups -OCH3 is 1. The number of esters is 1. The fraction of sp³-hybridized carbons (Fsp3) is 0.182. The lowest BCUT2D eigenvalue weighted by atomic mass is 10.5. The van der Waals surface area contributed by atoms with Crippen LogP contribution in [0.2, 0.25) is 5.15 Å². The van der Waals surface area contributed by atoms with E-state index in [0.29, 0.717) is 0 Å². The summed E-state index contributed by atoms with van der Waals surface area (Å²) < 4.78 is 32.3. The van der Waals surface area contributed by atoms with Gasteiger partial charge in [-0.1, -0.05) is 11.6 Å². The Kier molecular flexibility index (Phi) is 4.43. The predicted molar refractivity (Wildman–Crippen MR) is 74.3 cm³/mol. The van der Waals surface area contributed by atoms with Crippen LogP contribution < -0.4 is 4.72 Å². The molecule has 2 heterocycles. The number of carbonyl (C=O) groups is 1. The number of aromatic nitrogens is 3.